The quantitative estimate of drug-likeness (QED) is 0.618. The molecule has 1 rings (SSSR count). The van der Waals surface area contributed by atoms with Crippen molar-refractivity contribution < 1.29 is 4.39 Å². The molecule has 0 aliphatic heterocycles. The molecule has 0 radical (unpaired) electrons. The molecule has 2 heteroatoms. The van der Waals surface area contributed by atoms with Crippen LogP contribution in [0.3, 0.4) is 0 Å². The molecule has 1 aliphatic rings. The molecule has 0 saturated heterocycles. The molecule has 1 fully saturated rings. The third-order valence-electron chi connectivity index (χ3n) is 2.51. The zero-order chi connectivity index (χ0) is 8.10. The van der Waals surface area contributed by atoms with Crippen molar-refractivity contribution in [1.29, 1.82) is 0 Å². The predicted octanol–water partition coefficient (Wildman–Crippen LogP) is 1.98. The van der Waals surface area contributed by atoms with Gasteiger partial charge in [-0.3, -0.25) is 0 Å². The first-order chi connectivity index (χ1) is 5.33. The Kier molecular flexibility index (Phi) is 3.84. The Morgan fingerprint density at radius 2 is 2.27 bits per heavy atom. The van der Waals surface area contributed by atoms with E-state index in [2.05, 4.69) is 12.2 Å². The van der Waals surface area contributed by atoms with Gasteiger partial charge in [-0.05, 0) is 31.2 Å². The van der Waals surface area contributed by atoms with Crippen molar-refractivity contribution in [2.75, 3.05) is 19.8 Å². The Morgan fingerprint density at radius 1 is 1.45 bits per heavy atom. The minimum absolute atomic E-state index is 0.234. The Hall–Kier alpha value is -0.110. The van der Waals surface area contributed by atoms with Crippen molar-refractivity contribution in [3.8, 4) is 0 Å². The second-order valence-electron chi connectivity index (χ2n) is 3.68. The fraction of sp³-hybridized carbons (Fsp3) is 1.00. The Balaban J connectivity index is 1.99. The number of hydrogen-bond donors (Lipinski definition) is 1. The molecule has 66 valence electrons. The van der Waals surface area contributed by atoms with Gasteiger partial charge in [0.15, 0.2) is 0 Å². The minimum Gasteiger partial charge on any atom is -0.314 e. The van der Waals surface area contributed by atoms with E-state index in [4.69, 9.17) is 0 Å². The van der Waals surface area contributed by atoms with Crippen LogP contribution in [0.25, 0.3) is 0 Å². The summed E-state index contributed by atoms with van der Waals surface area (Å²) in [6.45, 7) is 3.62. The summed E-state index contributed by atoms with van der Waals surface area (Å²) in [5, 5.41) is 3.12. The molecular weight excluding hydrogens is 141 g/mol. The lowest BCUT2D eigenvalue weighted by atomic mass is 10.1. The smallest absolute Gasteiger partial charge is 0.102 e. The van der Waals surface area contributed by atoms with Gasteiger partial charge in [0.2, 0.25) is 0 Å². The largest absolute Gasteiger partial charge is 0.314 e. The highest BCUT2D eigenvalue weighted by atomic mass is 19.1. The first-order valence-corrected chi connectivity index (χ1v) is 4.59. The van der Waals surface area contributed by atoms with Crippen LogP contribution >= 0.6 is 0 Å². The van der Waals surface area contributed by atoms with Crippen LogP contribution < -0.4 is 5.32 Å². The minimum atomic E-state index is -0.234. The molecule has 0 aromatic carbocycles. The molecule has 1 N–H and O–H groups in total. The Morgan fingerprint density at radius 3 is 2.82 bits per heavy atom. The number of nitrogens with one attached hydrogen (secondary N) is 1. The normalized spacial score (nSPS) is 31.1. The number of halogens is 1. The van der Waals surface area contributed by atoms with E-state index in [0.717, 1.165) is 18.4 Å². The molecule has 11 heavy (non-hydrogen) atoms. The summed E-state index contributed by atoms with van der Waals surface area (Å²) in [7, 11) is 0. The first-order valence-electron chi connectivity index (χ1n) is 4.59. The number of rotatable bonds is 4. The zero-order valence-electron chi connectivity index (χ0n) is 7.28. The molecule has 0 heterocycles. The van der Waals surface area contributed by atoms with Gasteiger partial charge in [-0.25, -0.2) is 4.39 Å². The maximum Gasteiger partial charge on any atom is 0.102 e. The van der Waals surface area contributed by atoms with Gasteiger partial charge in [0.25, 0.3) is 0 Å². The average Bonchev–Trinajstić information content (AvgIpc) is 2.37. The van der Waals surface area contributed by atoms with Gasteiger partial charge in [0.05, 0.1) is 0 Å². The monoisotopic (exact) mass is 159 g/mol. The first kappa shape index (κ1) is 8.98. The Labute approximate surface area is 68.4 Å². The summed E-state index contributed by atoms with van der Waals surface area (Å²) in [5.74, 6) is 1.71. The maximum atomic E-state index is 11.7. The van der Waals surface area contributed by atoms with Crippen LogP contribution in [0.4, 0.5) is 4.39 Å². The summed E-state index contributed by atoms with van der Waals surface area (Å²) in [4.78, 5) is 0. The summed E-state index contributed by atoms with van der Waals surface area (Å²) in [5.41, 5.74) is 0. The zero-order valence-corrected chi connectivity index (χ0v) is 7.28. The maximum absolute atomic E-state index is 11.7. The summed E-state index contributed by atoms with van der Waals surface area (Å²) in [6.07, 6.45) is 4.03. The van der Waals surface area contributed by atoms with E-state index in [-0.39, 0.29) is 6.67 Å². The highest BCUT2D eigenvalue weighted by molar-refractivity contribution is 4.74. The third-order valence-corrected chi connectivity index (χ3v) is 2.51. The molecule has 1 nitrogen and oxygen atoms in total. The van der Waals surface area contributed by atoms with Crippen LogP contribution in [-0.2, 0) is 0 Å². The van der Waals surface area contributed by atoms with E-state index < -0.39 is 0 Å². The highest BCUT2D eigenvalue weighted by Crippen LogP contribution is 2.29. The van der Waals surface area contributed by atoms with Gasteiger partial charge < -0.3 is 5.32 Å². The van der Waals surface area contributed by atoms with Crippen LogP contribution in [-0.4, -0.2) is 19.8 Å². The van der Waals surface area contributed by atoms with Crippen molar-refractivity contribution in [2.24, 2.45) is 11.8 Å². The lowest BCUT2D eigenvalue weighted by Crippen LogP contribution is -2.23. The van der Waals surface area contributed by atoms with Gasteiger partial charge in [-0.2, -0.15) is 0 Å². The molecule has 0 bridgehead atoms. The second kappa shape index (κ2) is 4.70. The third kappa shape index (κ3) is 3.19. The van der Waals surface area contributed by atoms with Crippen molar-refractivity contribution >= 4 is 0 Å². The summed E-state index contributed by atoms with van der Waals surface area (Å²) in [6, 6.07) is 0. The lowest BCUT2D eigenvalue weighted by Gasteiger charge is -2.08. The van der Waals surface area contributed by atoms with Gasteiger partial charge >= 0.3 is 0 Å². The van der Waals surface area contributed by atoms with Crippen LogP contribution in [0.2, 0.25) is 0 Å². The standard InChI is InChI=1S/C9H18FN/c1-8-2-3-9(6-8)7-11-5-4-10/h8-9,11H,2-7H2,1H3. The van der Waals surface area contributed by atoms with Gasteiger partial charge in [-0.1, -0.05) is 13.3 Å². The molecule has 2 atom stereocenters. The SMILES string of the molecule is CC1CCC(CNCCF)C1. The van der Waals surface area contributed by atoms with Crippen LogP contribution in [0, 0.1) is 11.8 Å². The molecule has 1 aliphatic carbocycles. The van der Waals surface area contributed by atoms with E-state index in [1.54, 1.807) is 0 Å². The van der Waals surface area contributed by atoms with Crippen molar-refractivity contribution in [3.05, 3.63) is 0 Å². The van der Waals surface area contributed by atoms with E-state index in [9.17, 15) is 4.39 Å². The van der Waals surface area contributed by atoms with E-state index in [1.165, 1.54) is 19.3 Å². The highest BCUT2D eigenvalue weighted by Gasteiger charge is 2.20. The molecule has 0 aromatic rings. The fourth-order valence-electron chi connectivity index (χ4n) is 1.88. The van der Waals surface area contributed by atoms with Gasteiger partial charge in [-0.15, -0.1) is 0 Å². The van der Waals surface area contributed by atoms with E-state index in [0.29, 0.717) is 6.54 Å². The van der Waals surface area contributed by atoms with Crippen molar-refractivity contribution in [1.82, 2.24) is 5.32 Å². The second-order valence-corrected chi connectivity index (χ2v) is 3.68. The molecular formula is C9H18FN. The van der Waals surface area contributed by atoms with E-state index >= 15 is 0 Å². The molecule has 1 saturated carbocycles. The summed E-state index contributed by atoms with van der Waals surface area (Å²) < 4.78 is 11.7. The molecule has 0 amide bonds. The van der Waals surface area contributed by atoms with Gasteiger partial charge in [0.1, 0.15) is 6.67 Å². The average molecular weight is 159 g/mol. The Bertz CT molecular complexity index is 106. The van der Waals surface area contributed by atoms with Crippen molar-refractivity contribution in [2.45, 2.75) is 26.2 Å². The van der Waals surface area contributed by atoms with Crippen LogP contribution in [0.1, 0.15) is 26.2 Å². The summed E-state index contributed by atoms with van der Waals surface area (Å²) >= 11 is 0. The molecule has 2 unspecified atom stereocenters. The van der Waals surface area contributed by atoms with Crippen molar-refractivity contribution in [3.63, 3.8) is 0 Å². The number of alkyl halides is 1. The van der Waals surface area contributed by atoms with Crippen LogP contribution in [0.15, 0.2) is 0 Å². The fourth-order valence-corrected chi connectivity index (χ4v) is 1.88. The topological polar surface area (TPSA) is 12.0 Å². The van der Waals surface area contributed by atoms with Gasteiger partial charge in [0, 0.05) is 6.54 Å². The molecule has 0 spiro atoms. The van der Waals surface area contributed by atoms with E-state index in [1.807, 2.05) is 0 Å². The predicted molar refractivity (Wildman–Crippen MR) is 45.3 cm³/mol. The lowest BCUT2D eigenvalue weighted by molar-refractivity contribution is 0.425. The molecule has 0 aromatic heterocycles. The number of hydrogen-bond acceptors (Lipinski definition) is 1. The van der Waals surface area contributed by atoms with Crippen LogP contribution in [0.5, 0.6) is 0 Å².